The highest BCUT2D eigenvalue weighted by Crippen LogP contribution is 2.41. The Bertz CT molecular complexity index is 1050. The maximum absolute atomic E-state index is 13.2. The maximum Gasteiger partial charge on any atom is 0.433 e. The number of ether oxygens (including phenoxy) is 1. The molecule has 3 rings (SSSR count). The molecule has 1 aliphatic heterocycles. The van der Waals surface area contributed by atoms with Gasteiger partial charge >= 0.3 is 5.88 Å². The molecule has 9 heteroatoms. The molecule has 0 aliphatic carbocycles. The van der Waals surface area contributed by atoms with Gasteiger partial charge in [-0.1, -0.05) is 13.8 Å². The van der Waals surface area contributed by atoms with E-state index in [1.54, 1.807) is 17.6 Å². The van der Waals surface area contributed by atoms with Crippen molar-refractivity contribution in [2.24, 2.45) is 11.7 Å². The van der Waals surface area contributed by atoms with Gasteiger partial charge in [0.05, 0.1) is 17.5 Å². The molecule has 0 fully saturated rings. The van der Waals surface area contributed by atoms with Crippen LogP contribution in [0.15, 0.2) is 38.9 Å². The lowest BCUT2D eigenvalue weighted by atomic mass is 9.88. The molecule has 1 aliphatic rings. The van der Waals surface area contributed by atoms with Crippen molar-refractivity contribution in [1.29, 1.82) is 5.26 Å². The fourth-order valence-corrected chi connectivity index (χ4v) is 3.16. The van der Waals surface area contributed by atoms with Crippen molar-refractivity contribution >= 4 is 5.88 Å². The maximum atomic E-state index is 13.2. The van der Waals surface area contributed by atoms with E-state index in [4.69, 9.17) is 14.9 Å². The summed E-state index contributed by atoms with van der Waals surface area (Å²) in [6, 6.07) is 6.15. The third kappa shape index (κ3) is 3.06. The van der Waals surface area contributed by atoms with Gasteiger partial charge < -0.3 is 19.5 Å². The summed E-state index contributed by atoms with van der Waals surface area (Å²) in [5.41, 5.74) is 6.36. The number of nitrogens with two attached hydrogens (primary N) is 1. The van der Waals surface area contributed by atoms with Crippen molar-refractivity contribution in [1.82, 2.24) is 4.57 Å². The fourth-order valence-electron chi connectivity index (χ4n) is 3.16. The first kappa shape index (κ1) is 18.3. The van der Waals surface area contributed by atoms with Crippen molar-refractivity contribution in [3.63, 3.8) is 0 Å². The molecule has 2 aromatic rings. The van der Waals surface area contributed by atoms with Crippen LogP contribution < -0.4 is 16.0 Å². The molecule has 0 amide bonds. The number of aryl methyl sites for hydroxylation is 1. The van der Waals surface area contributed by atoms with E-state index in [0.29, 0.717) is 12.2 Å². The smallest absolute Gasteiger partial charge is 0.433 e. The quantitative estimate of drug-likeness (QED) is 0.644. The third-order valence-electron chi connectivity index (χ3n) is 4.31. The summed E-state index contributed by atoms with van der Waals surface area (Å²) in [5, 5.41) is 20.5. The van der Waals surface area contributed by atoms with Crippen LogP contribution in [0.5, 0.6) is 5.75 Å². The van der Waals surface area contributed by atoms with E-state index in [9.17, 15) is 20.2 Å². The summed E-state index contributed by atoms with van der Waals surface area (Å²) in [4.78, 5) is 23.5. The number of nitriles is 1. The zero-order valence-corrected chi connectivity index (χ0v) is 15.1. The Hall–Kier alpha value is -3.54. The summed E-state index contributed by atoms with van der Waals surface area (Å²) in [7, 11) is 0. The number of nitro groups is 1. The number of rotatable bonds is 4. The third-order valence-corrected chi connectivity index (χ3v) is 4.31. The van der Waals surface area contributed by atoms with Gasteiger partial charge in [0.15, 0.2) is 0 Å². The van der Waals surface area contributed by atoms with Crippen molar-refractivity contribution < 1.29 is 14.1 Å². The Morgan fingerprint density at radius 2 is 2.15 bits per heavy atom. The molecule has 27 heavy (non-hydrogen) atoms. The summed E-state index contributed by atoms with van der Waals surface area (Å²) in [6.07, 6.45) is 0. The molecular formula is C18H18N4O5. The number of hydrogen-bond acceptors (Lipinski definition) is 7. The van der Waals surface area contributed by atoms with Crippen LogP contribution in [0.2, 0.25) is 0 Å². The average Bonchev–Trinajstić information content (AvgIpc) is 3.07. The molecule has 0 saturated heterocycles. The van der Waals surface area contributed by atoms with E-state index in [0.717, 1.165) is 0 Å². The Morgan fingerprint density at radius 3 is 2.70 bits per heavy atom. The highest BCUT2D eigenvalue weighted by Gasteiger charge is 2.37. The largest absolute Gasteiger partial charge is 0.440 e. The number of furan rings is 1. The van der Waals surface area contributed by atoms with Crippen LogP contribution in [0, 0.1) is 34.3 Å². The zero-order chi connectivity index (χ0) is 19.9. The fraction of sp³-hybridized carbons (Fsp3) is 0.333. The molecule has 9 nitrogen and oxygen atoms in total. The van der Waals surface area contributed by atoms with E-state index in [1.807, 2.05) is 19.9 Å². The van der Waals surface area contributed by atoms with Gasteiger partial charge in [0.1, 0.15) is 28.1 Å². The monoisotopic (exact) mass is 370 g/mol. The van der Waals surface area contributed by atoms with Gasteiger partial charge in [0.25, 0.3) is 5.56 Å². The number of nitrogens with zero attached hydrogens (tertiary/aromatic N) is 3. The van der Waals surface area contributed by atoms with Gasteiger partial charge in [-0.15, -0.1) is 0 Å². The second kappa shape index (κ2) is 6.64. The Morgan fingerprint density at radius 1 is 1.44 bits per heavy atom. The number of hydrogen-bond donors (Lipinski definition) is 1. The lowest BCUT2D eigenvalue weighted by Crippen LogP contribution is -2.33. The summed E-state index contributed by atoms with van der Waals surface area (Å²) < 4.78 is 12.4. The Labute approximate surface area is 154 Å². The minimum Gasteiger partial charge on any atom is -0.440 e. The minimum atomic E-state index is -0.973. The second-order valence-corrected chi connectivity index (χ2v) is 6.73. The molecule has 0 radical (unpaired) electrons. The van der Waals surface area contributed by atoms with E-state index < -0.39 is 16.7 Å². The zero-order valence-electron chi connectivity index (χ0n) is 15.1. The topological polar surface area (TPSA) is 137 Å². The first-order chi connectivity index (χ1) is 12.7. The van der Waals surface area contributed by atoms with Gasteiger partial charge in [-0.05, 0) is 18.9 Å². The first-order valence-electron chi connectivity index (χ1n) is 8.30. The van der Waals surface area contributed by atoms with E-state index >= 15 is 0 Å². The van der Waals surface area contributed by atoms with E-state index in [2.05, 4.69) is 0 Å². The molecule has 3 heterocycles. The number of fused-ring (bicyclic) bond motifs is 1. The van der Waals surface area contributed by atoms with Crippen molar-refractivity contribution in [3.8, 4) is 11.8 Å². The Balaban J connectivity index is 2.28. The lowest BCUT2D eigenvalue weighted by Gasteiger charge is -2.26. The lowest BCUT2D eigenvalue weighted by molar-refractivity contribution is -0.402. The van der Waals surface area contributed by atoms with Crippen molar-refractivity contribution in [2.45, 2.75) is 33.2 Å². The first-order valence-corrected chi connectivity index (χ1v) is 8.30. The van der Waals surface area contributed by atoms with Gasteiger partial charge in [-0.25, -0.2) is 0 Å². The number of pyridine rings is 1. The van der Waals surface area contributed by atoms with Crippen molar-refractivity contribution in [2.75, 3.05) is 0 Å². The highest BCUT2D eigenvalue weighted by atomic mass is 16.6. The van der Waals surface area contributed by atoms with Crippen LogP contribution in [-0.2, 0) is 6.54 Å². The molecule has 140 valence electrons. The summed E-state index contributed by atoms with van der Waals surface area (Å²) >= 11 is 0. The molecule has 0 unspecified atom stereocenters. The van der Waals surface area contributed by atoms with E-state index in [-0.39, 0.29) is 40.0 Å². The normalized spacial score (nSPS) is 16.0. The SMILES string of the molecule is Cc1cc2c(c(=O)n1CC(C)C)[C@@H](c1ccc([N+](=O)[O-])o1)C(C#N)=C(N)O2. The van der Waals surface area contributed by atoms with Crippen LogP contribution in [0.1, 0.15) is 36.8 Å². The molecule has 0 aromatic carbocycles. The standard InChI is InChI=1S/C18H18N4O5/c1-9(2)8-21-10(3)6-13-16(18(21)23)15(11(7-19)17(20)27-13)12-4-5-14(26-12)22(24)25/h4-6,9,15H,8,20H2,1-3H3/t15-/m1/s1. The van der Waals surface area contributed by atoms with Crippen LogP contribution in [0.4, 0.5) is 5.88 Å². The predicted molar refractivity (Wildman–Crippen MR) is 94.9 cm³/mol. The van der Waals surface area contributed by atoms with Gasteiger partial charge in [-0.3, -0.25) is 14.9 Å². The molecule has 2 N–H and O–H groups in total. The average molecular weight is 370 g/mol. The highest BCUT2D eigenvalue weighted by molar-refractivity contribution is 5.54. The van der Waals surface area contributed by atoms with Crippen molar-refractivity contribution in [3.05, 3.63) is 67.1 Å². The molecule has 2 aromatic heterocycles. The van der Waals surface area contributed by atoms with Gasteiger partial charge in [0, 0.05) is 18.3 Å². The van der Waals surface area contributed by atoms with Crippen LogP contribution in [-0.4, -0.2) is 9.49 Å². The molecule has 1 atom stereocenters. The van der Waals surface area contributed by atoms with Crippen LogP contribution >= 0.6 is 0 Å². The van der Waals surface area contributed by atoms with E-state index in [1.165, 1.54) is 12.1 Å². The summed E-state index contributed by atoms with van der Waals surface area (Å²) in [6.45, 7) is 6.21. The minimum absolute atomic E-state index is 0.0243. The summed E-state index contributed by atoms with van der Waals surface area (Å²) in [5.74, 6) is -1.10. The molecule has 0 saturated carbocycles. The number of allylic oxidation sites excluding steroid dienone is 1. The van der Waals surface area contributed by atoms with Crippen LogP contribution in [0.25, 0.3) is 0 Å². The van der Waals surface area contributed by atoms with Crippen LogP contribution in [0.3, 0.4) is 0 Å². The predicted octanol–water partition coefficient (Wildman–Crippen LogP) is 2.53. The Kier molecular flexibility index (Phi) is 4.49. The molecule has 0 spiro atoms. The van der Waals surface area contributed by atoms with Gasteiger partial charge in [-0.2, -0.15) is 5.26 Å². The molecule has 0 bridgehead atoms. The van der Waals surface area contributed by atoms with Gasteiger partial charge in [0.2, 0.25) is 5.88 Å². The molecular weight excluding hydrogens is 352 g/mol. The number of aromatic nitrogens is 1. The second-order valence-electron chi connectivity index (χ2n) is 6.73.